The molecule has 4 aromatic rings. The van der Waals surface area contributed by atoms with Crippen LogP contribution in [0.25, 0.3) is 21.9 Å². The average Bonchev–Trinajstić information content (AvgIpc) is 3.17. The van der Waals surface area contributed by atoms with Crippen molar-refractivity contribution in [2.45, 2.75) is 6.61 Å². The van der Waals surface area contributed by atoms with E-state index in [1.54, 1.807) is 12.3 Å². The van der Waals surface area contributed by atoms with Gasteiger partial charge in [0.05, 0.1) is 6.26 Å². The number of aromatic nitrogens is 1. The molecule has 0 bridgehead atoms. The molecule has 2 aromatic heterocycles. The summed E-state index contributed by atoms with van der Waals surface area (Å²) < 4.78 is 11.4. The van der Waals surface area contributed by atoms with E-state index in [4.69, 9.17) is 14.3 Å². The minimum atomic E-state index is -0.993. The largest absolute Gasteiger partial charge is 0.488 e. The van der Waals surface area contributed by atoms with Gasteiger partial charge in [-0.2, -0.15) is 0 Å². The smallest absolute Gasteiger partial charge is 0.352 e. The number of aromatic carboxylic acids is 1. The number of carbonyl (C=O) groups is 1. The molecule has 0 amide bonds. The number of carboxylic acid groups (broad SMARTS) is 1. The van der Waals surface area contributed by atoms with Gasteiger partial charge in [0.25, 0.3) is 0 Å². The number of rotatable bonds is 4. The molecule has 5 heteroatoms. The fourth-order valence-corrected chi connectivity index (χ4v) is 2.67. The normalized spacial score (nSPS) is 11.1. The molecule has 2 N–H and O–H groups in total. The van der Waals surface area contributed by atoms with Gasteiger partial charge in [-0.3, -0.25) is 0 Å². The van der Waals surface area contributed by atoms with Crippen LogP contribution in [0.15, 0.2) is 59.2 Å². The Balaban J connectivity index is 1.66. The Hall–Kier alpha value is -3.21. The number of hydrogen-bond donors (Lipinski definition) is 2. The molecule has 0 aliphatic rings. The van der Waals surface area contributed by atoms with Crippen LogP contribution in [-0.2, 0) is 6.61 Å². The van der Waals surface area contributed by atoms with Crippen molar-refractivity contribution in [3.63, 3.8) is 0 Å². The molecule has 23 heavy (non-hydrogen) atoms. The lowest BCUT2D eigenvalue weighted by atomic mass is 10.2. The van der Waals surface area contributed by atoms with E-state index in [2.05, 4.69) is 4.98 Å². The first kappa shape index (κ1) is 13.5. The molecular weight excluding hydrogens is 294 g/mol. The van der Waals surface area contributed by atoms with Crippen LogP contribution in [0.4, 0.5) is 0 Å². The van der Waals surface area contributed by atoms with Crippen molar-refractivity contribution in [2.75, 3.05) is 0 Å². The van der Waals surface area contributed by atoms with Gasteiger partial charge in [0.1, 0.15) is 23.6 Å². The maximum Gasteiger partial charge on any atom is 0.352 e. The van der Waals surface area contributed by atoms with Gasteiger partial charge in [0, 0.05) is 21.9 Å². The second-order valence-electron chi connectivity index (χ2n) is 5.25. The van der Waals surface area contributed by atoms with Crippen molar-refractivity contribution >= 4 is 27.8 Å². The first-order valence-electron chi connectivity index (χ1n) is 7.15. The van der Waals surface area contributed by atoms with Gasteiger partial charge in [-0.05, 0) is 24.3 Å². The number of benzene rings is 2. The molecule has 0 radical (unpaired) electrons. The van der Waals surface area contributed by atoms with E-state index in [1.165, 1.54) is 0 Å². The third-order valence-electron chi connectivity index (χ3n) is 3.80. The average molecular weight is 307 g/mol. The van der Waals surface area contributed by atoms with Gasteiger partial charge >= 0.3 is 5.97 Å². The molecule has 0 fully saturated rings. The molecule has 4 rings (SSSR count). The van der Waals surface area contributed by atoms with E-state index in [-0.39, 0.29) is 5.69 Å². The number of H-pyrrole nitrogens is 1. The monoisotopic (exact) mass is 307 g/mol. The molecule has 114 valence electrons. The van der Waals surface area contributed by atoms with Crippen LogP contribution in [0, 0.1) is 0 Å². The number of furan rings is 1. The zero-order chi connectivity index (χ0) is 15.8. The maximum absolute atomic E-state index is 11.1. The third-order valence-corrected chi connectivity index (χ3v) is 3.80. The Labute approximate surface area is 131 Å². The molecule has 0 aliphatic carbocycles. The lowest BCUT2D eigenvalue weighted by molar-refractivity contribution is 0.0691. The predicted octanol–water partition coefficient (Wildman–Crippen LogP) is 4.19. The van der Waals surface area contributed by atoms with Gasteiger partial charge in [-0.1, -0.05) is 24.3 Å². The van der Waals surface area contributed by atoms with Crippen molar-refractivity contribution in [3.05, 3.63) is 66.1 Å². The molecule has 0 unspecified atom stereocenters. The van der Waals surface area contributed by atoms with Crippen molar-refractivity contribution in [1.29, 1.82) is 0 Å². The second-order valence-corrected chi connectivity index (χ2v) is 5.25. The highest BCUT2D eigenvalue weighted by atomic mass is 16.5. The van der Waals surface area contributed by atoms with Crippen LogP contribution in [-0.4, -0.2) is 16.1 Å². The van der Waals surface area contributed by atoms with Crippen LogP contribution < -0.4 is 4.74 Å². The first-order valence-corrected chi connectivity index (χ1v) is 7.15. The van der Waals surface area contributed by atoms with Crippen molar-refractivity contribution < 1.29 is 19.1 Å². The molecule has 0 saturated carbocycles. The minimum absolute atomic E-state index is 0.143. The van der Waals surface area contributed by atoms with Crippen LogP contribution >= 0.6 is 0 Å². The van der Waals surface area contributed by atoms with Crippen molar-refractivity contribution in [2.24, 2.45) is 0 Å². The van der Waals surface area contributed by atoms with Gasteiger partial charge in [-0.25, -0.2) is 4.79 Å². The number of ether oxygens (including phenoxy) is 1. The number of para-hydroxylation sites is 1. The van der Waals surface area contributed by atoms with Gasteiger partial charge in [0.2, 0.25) is 0 Å². The van der Waals surface area contributed by atoms with Crippen LogP contribution in [0.3, 0.4) is 0 Å². The van der Waals surface area contributed by atoms with Crippen molar-refractivity contribution in [1.82, 2.24) is 4.98 Å². The Morgan fingerprint density at radius 2 is 2.00 bits per heavy atom. The highest BCUT2D eigenvalue weighted by Gasteiger charge is 2.12. The van der Waals surface area contributed by atoms with Crippen LogP contribution in [0.2, 0.25) is 0 Å². The van der Waals surface area contributed by atoms with Crippen LogP contribution in [0.1, 0.15) is 16.1 Å². The number of carboxylic acids is 1. The molecule has 0 aliphatic heterocycles. The summed E-state index contributed by atoms with van der Waals surface area (Å²) in [6.07, 6.45) is 1.69. The van der Waals surface area contributed by atoms with Crippen LogP contribution in [0.5, 0.6) is 5.75 Å². The summed E-state index contributed by atoms with van der Waals surface area (Å²) in [7, 11) is 0. The number of hydrogen-bond acceptors (Lipinski definition) is 3. The summed E-state index contributed by atoms with van der Waals surface area (Å²) in [5.74, 6) is -0.357. The number of fused-ring (bicyclic) bond motifs is 2. The third kappa shape index (κ3) is 2.32. The first-order chi connectivity index (χ1) is 11.2. The Bertz CT molecular complexity index is 1010. The maximum atomic E-state index is 11.1. The lowest BCUT2D eigenvalue weighted by Gasteiger charge is -2.06. The standard InChI is InChI=1S/C18H13NO4/c20-18(21)15-8-13-14(19-15)5-3-7-17(13)23-10-11-9-22-16-6-2-1-4-12(11)16/h1-9,19H,10H2,(H,20,21). The quantitative estimate of drug-likeness (QED) is 0.592. The summed E-state index contributed by atoms with van der Waals surface area (Å²) in [4.78, 5) is 13.9. The van der Waals surface area contributed by atoms with E-state index >= 15 is 0 Å². The predicted molar refractivity (Wildman–Crippen MR) is 85.8 cm³/mol. The Kier molecular flexibility index (Phi) is 3.05. The summed E-state index contributed by atoms with van der Waals surface area (Å²) >= 11 is 0. The van der Waals surface area contributed by atoms with E-state index in [0.29, 0.717) is 12.4 Å². The zero-order valence-electron chi connectivity index (χ0n) is 12.1. The zero-order valence-corrected chi connectivity index (χ0v) is 12.1. The Morgan fingerprint density at radius 1 is 1.13 bits per heavy atom. The molecule has 0 spiro atoms. The summed E-state index contributed by atoms with van der Waals surface area (Å²) in [5, 5.41) is 10.9. The SMILES string of the molecule is O=C(O)c1cc2c(OCc3coc4ccccc34)cccc2[nH]1. The molecular formula is C18H13NO4. The second kappa shape index (κ2) is 5.21. The Morgan fingerprint density at radius 3 is 2.87 bits per heavy atom. The number of nitrogens with one attached hydrogen (secondary N) is 1. The molecule has 2 heterocycles. The van der Waals surface area contributed by atoms with E-state index < -0.39 is 5.97 Å². The lowest BCUT2D eigenvalue weighted by Crippen LogP contribution is -1.95. The molecule has 0 saturated heterocycles. The minimum Gasteiger partial charge on any atom is -0.488 e. The number of aromatic amines is 1. The van der Waals surface area contributed by atoms with E-state index in [1.807, 2.05) is 42.5 Å². The summed E-state index contributed by atoms with van der Waals surface area (Å²) in [5.41, 5.74) is 2.65. The van der Waals surface area contributed by atoms with E-state index in [0.717, 1.165) is 27.4 Å². The van der Waals surface area contributed by atoms with Gasteiger partial charge in [0.15, 0.2) is 0 Å². The summed E-state index contributed by atoms with van der Waals surface area (Å²) in [6, 6.07) is 14.8. The molecule has 2 aromatic carbocycles. The highest BCUT2D eigenvalue weighted by molar-refractivity contribution is 5.96. The molecule has 0 atom stereocenters. The van der Waals surface area contributed by atoms with Gasteiger partial charge in [-0.15, -0.1) is 0 Å². The van der Waals surface area contributed by atoms with E-state index in [9.17, 15) is 4.79 Å². The fourth-order valence-electron chi connectivity index (χ4n) is 2.67. The summed E-state index contributed by atoms with van der Waals surface area (Å²) in [6.45, 7) is 0.351. The molecule has 5 nitrogen and oxygen atoms in total. The fraction of sp³-hybridized carbons (Fsp3) is 0.0556. The van der Waals surface area contributed by atoms with Gasteiger partial charge < -0.3 is 19.2 Å². The topological polar surface area (TPSA) is 75.5 Å². The van der Waals surface area contributed by atoms with Crippen molar-refractivity contribution in [3.8, 4) is 5.75 Å². The highest BCUT2D eigenvalue weighted by Crippen LogP contribution is 2.28.